The van der Waals surface area contributed by atoms with Crippen LogP contribution in [0.3, 0.4) is 0 Å². The topological polar surface area (TPSA) is 29.5 Å². The van der Waals surface area contributed by atoms with Crippen LogP contribution in [0.15, 0.2) is 36.4 Å². The zero-order chi connectivity index (χ0) is 12.4. The zero-order valence-electron chi connectivity index (χ0n) is 9.68. The maximum absolute atomic E-state index is 11.2. The molecule has 1 amide bonds. The highest BCUT2D eigenvalue weighted by molar-refractivity contribution is 7.96. The van der Waals surface area contributed by atoms with Gasteiger partial charge in [0.25, 0.3) is 5.24 Å². The average Bonchev–Trinajstić information content (AvgIpc) is 2.36. The molecule has 2 aromatic rings. The van der Waals surface area contributed by atoms with E-state index in [4.69, 9.17) is 4.74 Å². The zero-order valence-corrected chi connectivity index (χ0v) is 10.6. The summed E-state index contributed by atoms with van der Waals surface area (Å²) < 4.78 is 5.16. The largest absolute Gasteiger partial charge is 0.497 e. The van der Waals surface area contributed by atoms with Crippen molar-refractivity contribution in [3.05, 3.63) is 36.4 Å². The van der Waals surface area contributed by atoms with Crippen LogP contribution in [0.4, 0.5) is 10.5 Å². The van der Waals surface area contributed by atoms with Crippen LogP contribution in [-0.2, 0) is 0 Å². The smallest absolute Gasteiger partial charge is 0.282 e. The van der Waals surface area contributed by atoms with Gasteiger partial charge in [0.05, 0.1) is 7.11 Å². The monoisotopic (exact) mass is 247 g/mol. The molecule has 3 nitrogen and oxygen atoms in total. The Bertz CT molecular complexity index is 568. The number of thiol groups is 1. The number of carbonyl (C=O) groups is 1. The molecule has 0 radical (unpaired) electrons. The van der Waals surface area contributed by atoms with Gasteiger partial charge in [0.2, 0.25) is 0 Å². The Hall–Kier alpha value is -1.68. The first-order valence-electron chi connectivity index (χ1n) is 5.16. The quantitative estimate of drug-likeness (QED) is 0.825. The normalized spacial score (nSPS) is 10.3. The van der Waals surface area contributed by atoms with Crippen molar-refractivity contribution in [3.63, 3.8) is 0 Å². The standard InChI is InChI=1S/C13H13NO2S/c1-14(13(15)17)11-5-3-10-8-12(16-2)6-4-9(10)7-11/h3-8H,1-2H3,(H,15,17). The predicted octanol–water partition coefficient (Wildman–Crippen LogP) is 3.33. The molecule has 0 N–H and O–H groups in total. The SMILES string of the molecule is COc1ccc2cc(N(C)C(=O)S)ccc2c1. The molecule has 0 saturated carbocycles. The van der Waals surface area contributed by atoms with Crippen molar-refractivity contribution in [3.8, 4) is 5.75 Å². The fourth-order valence-corrected chi connectivity index (χ4v) is 1.77. The van der Waals surface area contributed by atoms with Crippen molar-refractivity contribution >= 4 is 34.3 Å². The van der Waals surface area contributed by atoms with Gasteiger partial charge in [-0.15, -0.1) is 0 Å². The van der Waals surface area contributed by atoms with E-state index in [1.807, 2.05) is 36.4 Å². The molecule has 0 spiro atoms. The molecule has 17 heavy (non-hydrogen) atoms. The molecule has 0 aliphatic carbocycles. The number of hydrogen-bond donors (Lipinski definition) is 1. The predicted molar refractivity (Wildman–Crippen MR) is 73.3 cm³/mol. The molecule has 0 aromatic heterocycles. The lowest BCUT2D eigenvalue weighted by Crippen LogP contribution is -2.19. The van der Waals surface area contributed by atoms with Crippen LogP contribution in [0.1, 0.15) is 0 Å². The van der Waals surface area contributed by atoms with E-state index in [9.17, 15) is 4.79 Å². The van der Waals surface area contributed by atoms with Gasteiger partial charge in [-0.2, -0.15) is 0 Å². The summed E-state index contributed by atoms with van der Waals surface area (Å²) >= 11 is 3.80. The number of rotatable bonds is 2. The summed E-state index contributed by atoms with van der Waals surface area (Å²) in [7, 11) is 3.34. The summed E-state index contributed by atoms with van der Waals surface area (Å²) in [6.45, 7) is 0. The van der Waals surface area contributed by atoms with Crippen LogP contribution in [0, 0.1) is 0 Å². The summed E-state index contributed by atoms with van der Waals surface area (Å²) in [4.78, 5) is 12.6. The number of hydrogen-bond acceptors (Lipinski definition) is 2. The van der Waals surface area contributed by atoms with Crippen molar-refractivity contribution in [2.24, 2.45) is 0 Å². The van der Waals surface area contributed by atoms with E-state index in [0.29, 0.717) is 0 Å². The van der Waals surface area contributed by atoms with Gasteiger partial charge in [-0.3, -0.25) is 4.79 Å². The third kappa shape index (κ3) is 2.36. The Morgan fingerprint density at radius 3 is 2.47 bits per heavy atom. The van der Waals surface area contributed by atoms with Gasteiger partial charge in [-0.25, -0.2) is 0 Å². The molecule has 2 rings (SSSR count). The van der Waals surface area contributed by atoms with Crippen LogP contribution in [0.5, 0.6) is 5.75 Å². The molecule has 0 aliphatic rings. The van der Waals surface area contributed by atoms with E-state index in [1.165, 1.54) is 4.90 Å². The molecule has 0 atom stereocenters. The number of amides is 1. The van der Waals surface area contributed by atoms with Crippen molar-refractivity contribution in [1.29, 1.82) is 0 Å². The number of methoxy groups -OCH3 is 1. The number of anilines is 1. The highest BCUT2D eigenvalue weighted by atomic mass is 32.1. The first kappa shape index (κ1) is 11.8. The van der Waals surface area contributed by atoms with Gasteiger partial charge in [-0.1, -0.05) is 24.8 Å². The summed E-state index contributed by atoms with van der Waals surface area (Å²) in [5.74, 6) is 0.823. The molecule has 0 heterocycles. The first-order chi connectivity index (χ1) is 8.11. The fraction of sp³-hybridized carbons (Fsp3) is 0.154. The lowest BCUT2D eigenvalue weighted by atomic mass is 10.1. The lowest BCUT2D eigenvalue weighted by molar-refractivity contribution is 0.266. The van der Waals surface area contributed by atoms with E-state index in [0.717, 1.165) is 22.2 Å². The van der Waals surface area contributed by atoms with Gasteiger partial charge < -0.3 is 9.64 Å². The van der Waals surface area contributed by atoms with Crippen LogP contribution in [0.2, 0.25) is 0 Å². The number of benzene rings is 2. The molecule has 4 heteroatoms. The Morgan fingerprint density at radius 2 is 1.82 bits per heavy atom. The minimum atomic E-state index is -0.280. The number of ether oxygens (including phenoxy) is 1. The highest BCUT2D eigenvalue weighted by Gasteiger charge is 2.06. The molecular weight excluding hydrogens is 234 g/mol. The van der Waals surface area contributed by atoms with E-state index in [2.05, 4.69) is 12.6 Å². The van der Waals surface area contributed by atoms with E-state index in [1.54, 1.807) is 14.2 Å². The van der Waals surface area contributed by atoms with Gasteiger partial charge in [0, 0.05) is 12.7 Å². The van der Waals surface area contributed by atoms with Crippen molar-refractivity contribution in [2.45, 2.75) is 0 Å². The third-order valence-electron chi connectivity index (χ3n) is 2.71. The summed E-state index contributed by atoms with van der Waals surface area (Å²) in [6.07, 6.45) is 0. The number of carbonyl (C=O) groups excluding carboxylic acids is 1. The maximum Gasteiger partial charge on any atom is 0.282 e. The summed E-state index contributed by atoms with van der Waals surface area (Å²) in [6, 6.07) is 11.6. The van der Waals surface area contributed by atoms with Crippen molar-refractivity contribution < 1.29 is 9.53 Å². The summed E-state index contributed by atoms with van der Waals surface area (Å²) in [5.41, 5.74) is 0.822. The maximum atomic E-state index is 11.2. The second-order valence-corrected chi connectivity index (χ2v) is 4.12. The van der Waals surface area contributed by atoms with Gasteiger partial charge >= 0.3 is 0 Å². The molecule has 88 valence electrons. The van der Waals surface area contributed by atoms with Crippen molar-refractivity contribution in [2.75, 3.05) is 19.1 Å². The van der Waals surface area contributed by atoms with E-state index >= 15 is 0 Å². The van der Waals surface area contributed by atoms with E-state index in [-0.39, 0.29) is 5.24 Å². The first-order valence-corrected chi connectivity index (χ1v) is 5.61. The molecular formula is C13H13NO2S. The van der Waals surface area contributed by atoms with Gasteiger partial charge in [0.15, 0.2) is 0 Å². The molecule has 0 unspecified atom stereocenters. The van der Waals surface area contributed by atoms with Crippen LogP contribution in [-0.4, -0.2) is 19.4 Å². The van der Waals surface area contributed by atoms with Gasteiger partial charge in [-0.05, 0) is 35.0 Å². The Balaban J connectivity index is 2.48. The second-order valence-electron chi connectivity index (χ2n) is 3.74. The van der Waals surface area contributed by atoms with E-state index < -0.39 is 0 Å². The third-order valence-corrected chi connectivity index (χ3v) is 3.01. The van der Waals surface area contributed by atoms with Crippen LogP contribution >= 0.6 is 12.6 Å². The Kier molecular flexibility index (Phi) is 3.24. The van der Waals surface area contributed by atoms with Crippen LogP contribution < -0.4 is 9.64 Å². The molecule has 0 fully saturated rings. The van der Waals surface area contributed by atoms with Crippen molar-refractivity contribution in [1.82, 2.24) is 0 Å². The molecule has 0 bridgehead atoms. The summed E-state index contributed by atoms with van der Waals surface area (Å²) in [5, 5.41) is 1.86. The highest BCUT2D eigenvalue weighted by Crippen LogP contribution is 2.25. The molecule has 0 saturated heterocycles. The minimum Gasteiger partial charge on any atom is -0.497 e. The lowest BCUT2D eigenvalue weighted by Gasteiger charge is -2.14. The van der Waals surface area contributed by atoms with Gasteiger partial charge in [0.1, 0.15) is 5.75 Å². The Labute approximate surface area is 105 Å². The number of nitrogens with zero attached hydrogens (tertiary/aromatic N) is 1. The van der Waals surface area contributed by atoms with Crippen LogP contribution in [0.25, 0.3) is 10.8 Å². The second kappa shape index (κ2) is 4.67. The Morgan fingerprint density at radius 1 is 1.18 bits per heavy atom. The fourth-order valence-electron chi connectivity index (χ4n) is 1.66. The molecule has 0 aliphatic heterocycles. The number of fused-ring (bicyclic) bond motifs is 1. The minimum absolute atomic E-state index is 0.280. The molecule has 2 aromatic carbocycles. The average molecular weight is 247 g/mol.